The smallest absolute Gasteiger partial charge is 0.399 e. The molecule has 0 radical (unpaired) electrons. The average Bonchev–Trinajstić information content (AvgIpc) is 1.80. The van der Waals surface area contributed by atoms with E-state index in [1.165, 1.54) is 9.80 Å². The van der Waals surface area contributed by atoms with E-state index in [0.29, 0.717) is 74.0 Å². The molecule has 5 aliphatic heterocycles. The zero-order chi connectivity index (χ0) is 63.4. The first-order chi connectivity index (χ1) is 40.5. The molecular formula is C60H90BF6IN10O8S. The van der Waals surface area contributed by atoms with E-state index in [0.717, 1.165) is 89.6 Å². The number of likely N-dealkylation sites (tertiary alicyclic amines) is 2. The Hall–Kier alpha value is -5.04. The number of rotatable bonds is 14. The average molecular weight is 1360 g/mol. The summed E-state index contributed by atoms with van der Waals surface area (Å²) in [5.41, 5.74) is 16.4. The van der Waals surface area contributed by atoms with Gasteiger partial charge in [-0.05, 0) is 200 Å². The number of halogens is 7. The minimum atomic E-state index is -4.21. The topological polar surface area (TPSA) is 222 Å². The lowest BCUT2D eigenvalue weighted by Crippen LogP contribution is -2.41. The summed E-state index contributed by atoms with van der Waals surface area (Å²) in [4.78, 5) is 36.6. The molecule has 5 fully saturated rings. The number of nitrogens with one attached hydrogen (secondary N) is 4. The Bertz CT molecular complexity index is 2740. The van der Waals surface area contributed by atoms with Crippen LogP contribution in [-0.4, -0.2) is 154 Å². The quantitative estimate of drug-likeness (QED) is 0.0393. The summed E-state index contributed by atoms with van der Waals surface area (Å²) < 4.78 is 109. The molecule has 0 spiro atoms. The molecule has 5 aliphatic rings. The Labute approximate surface area is 530 Å². The first-order valence-electron chi connectivity index (χ1n) is 29.4. The molecule has 2 aromatic carbocycles. The highest BCUT2D eigenvalue weighted by molar-refractivity contribution is 14.1. The number of aryl methyl sites for hydroxylation is 2. The van der Waals surface area contributed by atoms with Crippen LogP contribution in [0.4, 0.5) is 70.6 Å². The van der Waals surface area contributed by atoms with Gasteiger partial charge < -0.3 is 70.8 Å². The van der Waals surface area contributed by atoms with E-state index in [9.17, 15) is 35.9 Å². The Balaban J connectivity index is 0.000000271. The van der Waals surface area contributed by atoms with Gasteiger partial charge in [-0.25, -0.2) is 19.6 Å². The molecule has 7 heterocycles. The Morgan fingerprint density at radius 2 is 1.09 bits per heavy atom. The fourth-order valence-electron chi connectivity index (χ4n) is 9.88. The second-order valence-corrected chi connectivity index (χ2v) is 23.9. The summed E-state index contributed by atoms with van der Waals surface area (Å²) in [6.45, 7) is 26.9. The van der Waals surface area contributed by atoms with Crippen LogP contribution in [0.3, 0.4) is 0 Å². The van der Waals surface area contributed by atoms with Crippen LogP contribution in [-0.2, 0) is 28.3 Å². The summed E-state index contributed by atoms with van der Waals surface area (Å²) in [7, 11) is -0.556. The van der Waals surface area contributed by atoms with Crippen LogP contribution in [0.1, 0.15) is 105 Å². The number of nitrogen functional groups attached to an aromatic ring is 2. The van der Waals surface area contributed by atoms with Crippen LogP contribution in [0.2, 0.25) is 0 Å². The Morgan fingerprint density at radius 1 is 0.655 bits per heavy atom. The van der Waals surface area contributed by atoms with Gasteiger partial charge in [0.2, 0.25) is 0 Å². The molecule has 4 atom stereocenters. The third kappa shape index (κ3) is 25.0. The molecule has 5 saturated heterocycles. The maximum absolute atomic E-state index is 12.7. The molecule has 18 nitrogen and oxygen atoms in total. The minimum absolute atomic E-state index is 0. The lowest BCUT2D eigenvalue weighted by molar-refractivity contribution is -0.144. The van der Waals surface area contributed by atoms with Gasteiger partial charge in [-0.3, -0.25) is 0 Å². The number of alkyl halides is 6. The molecule has 27 heteroatoms. The molecule has 486 valence electrons. The monoisotopic (exact) mass is 1360 g/mol. The van der Waals surface area contributed by atoms with Crippen molar-refractivity contribution in [2.24, 2.45) is 11.8 Å². The number of pyridine rings is 2. The van der Waals surface area contributed by atoms with E-state index >= 15 is 0 Å². The number of carbonyl (C=O) groups is 2. The van der Waals surface area contributed by atoms with Crippen LogP contribution >= 0.6 is 36.1 Å². The van der Waals surface area contributed by atoms with Crippen molar-refractivity contribution >= 4 is 95.4 Å². The van der Waals surface area contributed by atoms with Crippen LogP contribution in [0.15, 0.2) is 60.7 Å². The van der Waals surface area contributed by atoms with Crippen LogP contribution in [0, 0.1) is 29.3 Å². The van der Waals surface area contributed by atoms with Gasteiger partial charge >= 0.3 is 31.5 Å². The van der Waals surface area contributed by atoms with Gasteiger partial charge in [0.05, 0.1) is 36.5 Å². The summed E-state index contributed by atoms with van der Waals surface area (Å²) in [6.07, 6.45) is -7.49. The fourth-order valence-corrected chi connectivity index (χ4v) is 10.5. The molecule has 0 bridgehead atoms. The third-order valence-corrected chi connectivity index (χ3v) is 15.7. The van der Waals surface area contributed by atoms with E-state index in [2.05, 4.69) is 53.8 Å². The summed E-state index contributed by atoms with van der Waals surface area (Å²) in [5, 5.41) is 12.3. The molecule has 9 rings (SSSR count). The van der Waals surface area contributed by atoms with Crippen molar-refractivity contribution in [2.45, 2.75) is 143 Å². The maximum Gasteiger partial charge on any atom is 0.495 e. The normalized spacial score (nSPS) is 20.1. The number of hydrogen-bond acceptors (Lipinski definition) is 14. The van der Waals surface area contributed by atoms with Gasteiger partial charge in [0, 0.05) is 93.6 Å². The van der Waals surface area contributed by atoms with Crippen molar-refractivity contribution in [3.8, 4) is 11.1 Å². The number of amides is 4. The van der Waals surface area contributed by atoms with E-state index in [-0.39, 0.29) is 32.6 Å². The summed E-state index contributed by atoms with van der Waals surface area (Å²) in [5.74, 6) is 1.32. The molecule has 8 N–H and O–H groups in total. The lowest BCUT2D eigenvalue weighted by Gasteiger charge is -2.32. The van der Waals surface area contributed by atoms with E-state index in [1.807, 2.05) is 106 Å². The van der Waals surface area contributed by atoms with Crippen molar-refractivity contribution in [3.63, 3.8) is 0 Å². The minimum Gasteiger partial charge on any atom is -0.399 e. The second kappa shape index (κ2) is 34.8. The van der Waals surface area contributed by atoms with Crippen LogP contribution in [0.5, 0.6) is 0 Å². The number of hydrogen-bond donors (Lipinski definition) is 6. The number of ether oxygens (including phenoxy) is 4. The first-order valence-corrected chi connectivity index (χ1v) is 30.5. The van der Waals surface area contributed by atoms with Crippen LogP contribution in [0.25, 0.3) is 11.1 Å². The SMILES string of the molecule is CCOCC.CCOCC.Cc1ccc(NC(=O)N2CC[C@@H](CC(F)(F)F)C2)cc1-c1cc(N)nc(N[C@@H]2CCOC2)c1.Cc1ccc(NC(=O)N2CC[C@@H](CC(F)(F)F)C2)cc1B1OC(C)(C)C(C)(C)O1.Nc1cc(I)cc(N[C@@H]2CCOC2)n1.S. The van der Waals surface area contributed by atoms with Gasteiger partial charge in [0.25, 0.3) is 0 Å². The third-order valence-electron chi connectivity index (χ3n) is 15.1. The highest BCUT2D eigenvalue weighted by atomic mass is 127. The number of anilines is 6. The molecule has 2 aromatic heterocycles. The number of carbonyl (C=O) groups excluding carboxylic acids is 2. The summed E-state index contributed by atoms with van der Waals surface area (Å²) >= 11 is 2.23. The Kier molecular flexibility index (Phi) is 29.8. The largest absolute Gasteiger partial charge is 0.495 e. The standard InChI is InChI=1S/C23H28F3N5O2.C20H28BF3N2O3.C9H12IN3O.2C4H10O.H2S/c1-14-2-3-17(29-22(32)31-6-4-15(12-31)11-23(24,25)26)10-19(14)16-8-20(27)30-21(9-16)28-18-5-7-33-13-18;1-13-6-7-15(10-16(13)21-28-18(2,3)19(4,5)29-21)25-17(27)26-9-8-14(12-26)11-20(22,23)24;10-6-3-8(11)13-9(4-6)12-7-1-2-14-5-7;2*1-3-5-4-2;/h2-3,8-10,15,18H,4-7,11-13H2,1H3,(H,29,32)(H3,27,28,30);6-7,10,14H,8-9,11-12H2,1-5H3,(H,25,27);3-4,7H,1-2,5H2,(H3,11,12,13);2*3-4H2,1-2H3;1H2/t15-,18+;14-;7-;;;/m001.../s1. The van der Waals surface area contributed by atoms with Crippen LogP contribution < -0.4 is 38.2 Å². The van der Waals surface area contributed by atoms with Gasteiger partial charge in [-0.1, -0.05) is 17.7 Å². The highest BCUT2D eigenvalue weighted by Gasteiger charge is 2.52. The van der Waals surface area contributed by atoms with Crippen molar-refractivity contribution in [2.75, 3.05) is 112 Å². The van der Waals surface area contributed by atoms with Gasteiger partial charge in [0.1, 0.15) is 23.3 Å². The van der Waals surface area contributed by atoms with Crippen molar-refractivity contribution in [3.05, 3.63) is 75.4 Å². The summed E-state index contributed by atoms with van der Waals surface area (Å²) in [6, 6.07) is 18.2. The van der Waals surface area contributed by atoms with Crippen molar-refractivity contribution in [1.29, 1.82) is 0 Å². The number of urea groups is 2. The van der Waals surface area contributed by atoms with Gasteiger partial charge in [0.15, 0.2) is 0 Å². The van der Waals surface area contributed by atoms with Gasteiger partial charge in [-0.2, -0.15) is 39.8 Å². The highest BCUT2D eigenvalue weighted by Crippen LogP contribution is 2.38. The van der Waals surface area contributed by atoms with E-state index in [1.54, 1.807) is 24.3 Å². The number of nitrogens with two attached hydrogens (primary N) is 2. The van der Waals surface area contributed by atoms with Crippen molar-refractivity contribution < 1.29 is 64.2 Å². The molecule has 4 aromatic rings. The second-order valence-electron chi connectivity index (χ2n) is 22.6. The number of aromatic nitrogens is 2. The molecule has 0 unspecified atom stereocenters. The lowest BCUT2D eigenvalue weighted by atomic mass is 9.76. The number of benzene rings is 2. The predicted octanol–water partition coefficient (Wildman–Crippen LogP) is 12.4. The van der Waals surface area contributed by atoms with E-state index in [4.69, 9.17) is 39.7 Å². The molecular weight excluding hydrogens is 1270 g/mol. The zero-order valence-corrected chi connectivity index (χ0v) is 54.9. The number of nitrogens with zero attached hydrogens (tertiary/aromatic N) is 4. The zero-order valence-electron chi connectivity index (χ0n) is 51.7. The molecule has 0 aliphatic carbocycles. The van der Waals surface area contributed by atoms with Crippen molar-refractivity contribution in [1.82, 2.24) is 19.8 Å². The molecule has 0 saturated carbocycles. The van der Waals surface area contributed by atoms with E-state index < -0.39 is 67.4 Å². The predicted molar refractivity (Wildman–Crippen MR) is 346 cm³/mol. The first kappa shape index (κ1) is 74.4. The molecule has 87 heavy (non-hydrogen) atoms. The Morgan fingerprint density at radius 3 is 1.51 bits per heavy atom. The van der Waals surface area contributed by atoms with Gasteiger partial charge in [-0.15, -0.1) is 0 Å². The molecule has 4 amide bonds. The maximum atomic E-state index is 12.7. The fraction of sp³-hybridized carbons (Fsp3) is 0.600.